The van der Waals surface area contributed by atoms with Crippen LogP contribution in [0.3, 0.4) is 0 Å². The number of fused-ring (bicyclic) bond motifs is 1. The number of aromatic amines is 1. The fourth-order valence-corrected chi connectivity index (χ4v) is 3.61. The summed E-state index contributed by atoms with van der Waals surface area (Å²) in [6, 6.07) is 19.1. The number of aromatic nitrogens is 2. The second-order valence-electron chi connectivity index (χ2n) is 6.92. The van der Waals surface area contributed by atoms with Gasteiger partial charge in [-0.3, -0.25) is 0 Å². The van der Waals surface area contributed by atoms with Crippen LogP contribution in [0.5, 0.6) is 0 Å². The highest BCUT2D eigenvalue weighted by molar-refractivity contribution is 5.75. The van der Waals surface area contributed by atoms with E-state index in [9.17, 15) is 0 Å². The number of likely N-dealkylation sites (tertiary alicyclic amines) is 1. The number of nitrogens with one attached hydrogen (secondary N) is 1. The van der Waals surface area contributed by atoms with Crippen LogP contribution < -0.4 is 0 Å². The number of hydrogen-bond acceptors (Lipinski definition) is 2. The van der Waals surface area contributed by atoms with Crippen molar-refractivity contribution in [3.63, 3.8) is 0 Å². The summed E-state index contributed by atoms with van der Waals surface area (Å²) in [6.45, 7) is 5.70. The molecule has 0 aliphatic carbocycles. The molecule has 0 saturated carbocycles. The largest absolute Gasteiger partial charge is 0.341 e. The van der Waals surface area contributed by atoms with Crippen LogP contribution in [-0.2, 0) is 11.8 Å². The number of rotatable bonds is 4. The lowest BCUT2D eigenvalue weighted by atomic mass is 9.89. The molecule has 1 atom stereocenters. The van der Waals surface area contributed by atoms with Gasteiger partial charge in [0.25, 0.3) is 0 Å². The normalized spacial score (nSPS) is 22.0. The van der Waals surface area contributed by atoms with Crippen LogP contribution in [0, 0.1) is 0 Å². The van der Waals surface area contributed by atoms with E-state index >= 15 is 0 Å². The molecule has 1 unspecified atom stereocenters. The Morgan fingerprint density at radius 3 is 2.70 bits per heavy atom. The highest BCUT2D eigenvalue weighted by atomic mass is 15.2. The minimum atomic E-state index is 0.135. The average molecular weight is 305 g/mol. The molecule has 1 aliphatic rings. The maximum atomic E-state index is 4.84. The monoisotopic (exact) mass is 305 g/mol. The van der Waals surface area contributed by atoms with Crippen LogP contribution in [0.15, 0.2) is 54.6 Å². The first kappa shape index (κ1) is 14.5. The van der Waals surface area contributed by atoms with Crippen LogP contribution in [-0.4, -0.2) is 34.5 Å². The van der Waals surface area contributed by atoms with Crippen LogP contribution in [0.1, 0.15) is 24.7 Å². The van der Waals surface area contributed by atoms with E-state index in [1.54, 1.807) is 0 Å². The van der Waals surface area contributed by atoms with Gasteiger partial charge in [-0.2, -0.15) is 0 Å². The Bertz CT molecular complexity index is 760. The van der Waals surface area contributed by atoms with E-state index in [0.717, 1.165) is 42.9 Å². The highest BCUT2D eigenvalue weighted by Crippen LogP contribution is 2.33. The van der Waals surface area contributed by atoms with Crippen molar-refractivity contribution < 1.29 is 0 Å². The number of imidazole rings is 1. The van der Waals surface area contributed by atoms with Crippen LogP contribution in [0.25, 0.3) is 11.0 Å². The molecule has 0 radical (unpaired) electrons. The third kappa shape index (κ3) is 2.89. The Morgan fingerprint density at radius 1 is 1.09 bits per heavy atom. The minimum Gasteiger partial charge on any atom is -0.341 e. The quantitative estimate of drug-likeness (QED) is 0.795. The second kappa shape index (κ2) is 5.82. The first-order chi connectivity index (χ1) is 11.2. The SMILES string of the molecule is CC1(c2nc3ccccc3[nH]2)CCN(CCc2ccccc2)C1. The van der Waals surface area contributed by atoms with E-state index in [2.05, 4.69) is 71.4 Å². The molecule has 3 nitrogen and oxygen atoms in total. The van der Waals surface area contributed by atoms with Crippen LogP contribution in [0.2, 0.25) is 0 Å². The van der Waals surface area contributed by atoms with Crippen molar-refractivity contribution >= 4 is 11.0 Å². The zero-order valence-electron chi connectivity index (χ0n) is 13.6. The van der Waals surface area contributed by atoms with Crippen LogP contribution in [0.4, 0.5) is 0 Å². The van der Waals surface area contributed by atoms with Gasteiger partial charge in [-0.25, -0.2) is 4.98 Å². The molecule has 1 aromatic heterocycles. The van der Waals surface area contributed by atoms with Crippen molar-refractivity contribution in [1.29, 1.82) is 0 Å². The Morgan fingerprint density at radius 2 is 1.87 bits per heavy atom. The molecule has 1 aliphatic heterocycles. The fourth-order valence-electron chi connectivity index (χ4n) is 3.61. The Hall–Kier alpha value is -2.13. The molecule has 1 saturated heterocycles. The summed E-state index contributed by atoms with van der Waals surface area (Å²) in [4.78, 5) is 10.9. The van der Waals surface area contributed by atoms with Gasteiger partial charge in [0.2, 0.25) is 0 Å². The highest BCUT2D eigenvalue weighted by Gasteiger charge is 2.37. The molecule has 0 bridgehead atoms. The lowest BCUT2D eigenvalue weighted by molar-refractivity contribution is 0.317. The number of nitrogens with zero attached hydrogens (tertiary/aromatic N) is 2. The number of para-hydroxylation sites is 2. The summed E-state index contributed by atoms with van der Waals surface area (Å²) in [5.74, 6) is 1.14. The second-order valence-corrected chi connectivity index (χ2v) is 6.92. The lowest BCUT2D eigenvalue weighted by Crippen LogP contribution is -2.30. The summed E-state index contributed by atoms with van der Waals surface area (Å²) < 4.78 is 0. The van der Waals surface area contributed by atoms with Crippen LogP contribution >= 0.6 is 0 Å². The van der Waals surface area contributed by atoms with Crippen molar-refractivity contribution in [3.8, 4) is 0 Å². The van der Waals surface area contributed by atoms with Gasteiger partial charge in [-0.1, -0.05) is 49.4 Å². The van der Waals surface area contributed by atoms with Gasteiger partial charge in [-0.05, 0) is 37.1 Å². The third-order valence-electron chi connectivity index (χ3n) is 5.07. The number of benzene rings is 2. The number of hydrogen-bond donors (Lipinski definition) is 1. The molecule has 0 amide bonds. The van der Waals surface area contributed by atoms with E-state index in [0.29, 0.717) is 0 Å². The molecule has 1 fully saturated rings. The summed E-state index contributed by atoms with van der Waals surface area (Å²) in [6.07, 6.45) is 2.29. The first-order valence-electron chi connectivity index (χ1n) is 8.44. The molecule has 1 N–H and O–H groups in total. The van der Waals surface area contributed by atoms with Crippen molar-refractivity contribution in [2.45, 2.75) is 25.2 Å². The van der Waals surface area contributed by atoms with Gasteiger partial charge in [0.15, 0.2) is 0 Å². The summed E-state index contributed by atoms with van der Waals surface area (Å²) in [5.41, 5.74) is 3.78. The van der Waals surface area contributed by atoms with E-state index in [-0.39, 0.29) is 5.41 Å². The molecule has 3 aromatic rings. The minimum absolute atomic E-state index is 0.135. The molecule has 4 rings (SSSR count). The smallest absolute Gasteiger partial charge is 0.114 e. The Labute approximate surface area is 137 Å². The van der Waals surface area contributed by atoms with Gasteiger partial charge in [0.05, 0.1) is 11.0 Å². The maximum Gasteiger partial charge on any atom is 0.114 e. The molecular formula is C20H23N3. The molecule has 3 heteroatoms. The summed E-state index contributed by atoms with van der Waals surface area (Å²) in [5, 5.41) is 0. The molecule has 0 spiro atoms. The zero-order valence-corrected chi connectivity index (χ0v) is 13.6. The molecule has 2 aromatic carbocycles. The van der Waals surface area contributed by atoms with Crippen molar-refractivity contribution in [1.82, 2.24) is 14.9 Å². The maximum absolute atomic E-state index is 4.84. The van der Waals surface area contributed by atoms with Crippen molar-refractivity contribution in [3.05, 3.63) is 66.0 Å². The topological polar surface area (TPSA) is 31.9 Å². The predicted molar refractivity (Wildman–Crippen MR) is 94.6 cm³/mol. The summed E-state index contributed by atoms with van der Waals surface area (Å²) >= 11 is 0. The lowest BCUT2D eigenvalue weighted by Gasteiger charge is -2.22. The van der Waals surface area contributed by atoms with E-state index < -0.39 is 0 Å². The standard InChI is InChI=1S/C20H23N3/c1-20(19-21-17-9-5-6-10-18(17)22-19)12-14-23(15-20)13-11-16-7-3-2-4-8-16/h2-10H,11-15H2,1H3,(H,21,22). The van der Waals surface area contributed by atoms with E-state index in [1.807, 2.05) is 0 Å². The van der Waals surface area contributed by atoms with E-state index in [1.165, 1.54) is 12.0 Å². The molecule has 2 heterocycles. The first-order valence-corrected chi connectivity index (χ1v) is 8.44. The van der Waals surface area contributed by atoms with Gasteiger partial charge >= 0.3 is 0 Å². The summed E-state index contributed by atoms with van der Waals surface area (Å²) in [7, 11) is 0. The number of H-pyrrole nitrogens is 1. The van der Waals surface area contributed by atoms with Gasteiger partial charge in [0.1, 0.15) is 5.82 Å². The van der Waals surface area contributed by atoms with E-state index in [4.69, 9.17) is 4.98 Å². The Balaban J connectivity index is 1.46. The molecular weight excluding hydrogens is 282 g/mol. The molecule has 118 valence electrons. The molecule has 23 heavy (non-hydrogen) atoms. The van der Waals surface area contributed by atoms with Crippen molar-refractivity contribution in [2.24, 2.45) is 0 Å². The third-order valence-corrected chi connectivity index (χ3v) is 5.07. The van der Waals surface area contributed by atoms with Gasteiger partial charge < -0.3 is 9.88 Å². The predicted octanol–water partition coefficient (Wildman–Crippen LogP) is 3.77. The van der Waals surface area contributed by atoms with Crippen molar-refractivity contribution in [2.75, 3.05) is 19.6 Å². The van der Waals surface area contributed by atoms with Gasteiger partial charge in [-0.15, -0.1) is 0 Å². The zero-order chi connectivity index (χ0) is 15.7. The average Bonchev–Trinajstić information content (AvgIpc) is 3.19. The Kier molecular flexibility index (Phi) is 3.66. The van der Waals surface area contributed by atoms with Gasteiger partial charge in [0, 0.05) is 18.5 Å². The fraction of sp³-hybridized carbons (Fsp3) is 0.350.